The number of aryl methyl sites for hydroxylation is 1. The van der Waals surface area contributed by atoms with Gasteiger partial charge in [0.1, 0.15) is 0 Å². The van der Waals surface area contributed by atoms with Gasteiger partial charge >= 0.3 is 0 Å². The van der Waals surface area contributed by atoms with E-state index >= 15 is 0 Å². The summed E-state index contributed by atoms with van der Waals surface area (Å²) in [4.78, 5) is 12.4. The van der Waals surface area contributed by atoms with E-state index in [-0.39, 0.29) is 11.5 Å². The molecule has 6 nitrogen and oxygen atoms in total. The first-order valence-electron chi connectivity index (χ1n) is 10.8. The number of benzene rings is 3. The second-order valence-electron chi connectivity index (χ2n) is 7.58. The maximum Gasteiger partial charge on any atom is 0.203 e. The molecule has 0 amide bonds. The highest BCUT2D eigenvalue weighted by molar-refractivity contribution is 6.04. The fraction of sp³-hybridized carbons (Fsp3) is 0.179. The summed E-state index contributed by atoms with van der Waals surface area (Å²) in [5.41, 5.74) is 3.37. The third-order valence-electron chi connectivity index (χ3n) is 5.23. The van der Waals surface area contributed by atoms with Crippen LogP contribution in [-0.2, 0) is 0 Å². The third-order valence-corrected chi connectivity index (χ3v) is 5.23. The topological polar surface area (TPSA) is 66.0 Å². The standard InChI is InChI=1S/C28H28FNO5/c1-18-6-10-21(11-7-18)24(31)12-13-30-23-15-19(14-22(29)27(23)34-4)8-9-20-16-25(32-2)28(35-5)26(17-20)33-3/h6-17,30H,1-5H3/b9-8-,13-12-. The minimum atomic E-state index is -0.541. The van der Waals surface area contributed by atoms with Gasteiger partial charge in [-0.15, -0.1) is 0 Å². The van der Waals surface area contributed by atoms with Crippen molar-refractivity contribution in [2.75, 3.05) is 33.8 Å². The monoisotopic (exact) mass is 477 g/mol. The molecule has 0 aliphatic carbocycles. The lowest BCUT2D eigenvalue weighted by Gasteiger charge is -2.13. The van der Waals surface area contributed by atoms with Gasteiger partial charge in [0.2, 0.25) is 5.75 Å². The molecule has 0 aliphatic rings. The van der Waals surface area contributed by atoms with E-state index in [0.717, 1.165) is 11.1 Å². The third kappa shape index (κ3) is 6.20. The van der Waals surface area contributed by atoms with Crippen molar-refractivity contribution in [3.8, 4) is 23.0 Å². The largest absolute Gasteiger partial charge is 0.493 e. The van der Waals surface area contributed by atoms with Crippen LogP contribution >= 0.6 is 0 Å². The first-order valence-corrected chi connectivity index (χ1v) is 10.8. The molecule has 0 atom stereocenters. The molecule has 0 heterocycles. The Hall–Kier alpha value is -4.26. The number of carbonyl (C=O) groups is 1. The van der Waals surface area contributed by atoms with Gasteiger partial charge in [0.15, 0.2) is 28.8 Å². The molecule has 0 bridgehead atoms. The number of methoxy groups -OCH3 is 4. The van der Waals surface area contributed by atoms with Crippen LogP contribution in [0.25, 0.3) is 12.2 Å². The molecule has 1 N–H and O–H groups in total. The highest BCUT2D eigenvalue weighted by Gasteiger charge is 2.13. The molecule has 0 aliphatic heterocycles. The van der Waals surface area contributed by atoms with Crippen molar-refractivity contribution in [3.05, 3.63) is 88.9 Å². The van der Waals surface area contributed by atoms with Gasteiger partial charge in [-0.25, -0.2) is 4.39 Å². The number of hydrogen-bond donors (Lipinski definition) is 1. The van der Waals surface area contributed by atoms with E-state index in [1.54, 1.807) is 56.7 Å². The van der Waals surface area contributed by atoms with E-state index in [4.69, 9.17) is 18.9 Å². The Labute approximate surface area is 204 Å². The molecule has 0 radical (unpaired) electrons. The van der Waals surface area contributed by atoms with Gasteiger partial charge in [-0.2, -0.15) is 0 Å². The number of ketones is 1. The van der Waals surface area contributed by atoms with Crippen LogP contribution in [0.2, 0.25) is 0 Å². The molecular formula is C28H28FNO5. The predicted octanol–water partition coefficient (Wildman–Crippen LogP) is 6.15. The zero-order chi connectivity index (χ0) is 25.4. The summed E-state index contributed by atoms with van der Waals surface area (Å²) in [6.07, 6.45) is 6.40. The van der Waals surface area contributed by atoms with Crippen molar-refractivity contribution in [3.63, 3.8) is 0 Å². The lowest BCUT2D eigenvalue weighted by atomic mass is 10.1. The minimum Gasteiger partial charge on any atom is -0.493 e. The Bertz CT molecular complexity index is 1220. The highest BCUT2D eigenvalue weighted by atomic mass is 19.1. The first-order chi connectivity index (χ1) is 16.9. The fourth-order valence-electron chi connectivity index (χ4n) is 3.44. The van der Waals surface area contributed by atoms with E-state index in [2.05, 4.69) is 5.32 Å². The molecule has 0 unspecified atom stereocenters. The van der Waals surface area contributed by atoms with Crippen LogP contribution < -0.4 is 24.3 Å². The van der Waals surface area contributed by atoms with Crippen molar-refractivity contribution in [1.29, 1.82) is 0 Å². The van der Waals surface area contributed by atoms with Gasteiger partial charge in [0.05, 0.1) is 34.1 Å². The number of ether oxygens (including phenoxy) is 4. The maximum absolute atomic E-state index is 14.7. The van der Waals surface area contributed by atoms with Crippen LogP contribution in [0.4, 0.5) is 10.1 Å². The molecule has 0 aromatic heterocycles. The molecule has 7 heteroatoms. The van der Waals surface area contributed by atoms with Crippen molar-refractivity contribution < 1.29 is 28.1 Å². The summed E-state index contributed by atoms with van der Waals surface area (Å²) in [5.74, 6) is 0.843. The summed E-state index contributed by atoms with van der Waals surface area (Å²) < 4.78 is 36.0. The lowest BCUT2D eigenvalue weighted by molar-refractivity contribution is 0.104. The molecule has 3 rings (SSSR count). The first kappa shape index (κ1) is 25.4. The van der Waals surface area contributed by atoms with Crippen LogP contribution in [0.1, 0.15) is 27.0 Å². The van der Waals surface area contributed by atoms with Gasteiger partial charge in [0.25, 0.3) is 0 Å². The summed E-state index contributed by atoms with van der Waals surface area (Å²) in [5, 5.41) is 2.95. The molecule has 0 spiro atoms. The van der Waals surface area contributed by atoms with E-state index < -0.39 is 5.82 Å². The van der Waals surface area contributed by atoms with E-state index in [1.165, 1.54) is 32.6 Å². The zero-order valence-electron chi connectivity index (χ0n) is 20.3. The van der Waals surface area contributed by atoms with E-state index in [0.29, 0.717) is 34.1 Å². The number of anilines is 1. The van der Waals surface area contributed by atoms with Gasteiger partial charge in [-0.05, 0) is 42.3 Å². The fourth-order valence-corrected chi connectivity index (χ4v) is 3.44. The van der Waals surface area contributed by atoms with Crippen LogP contribution in [-0.4, -0.2) is 34.2 Å². The second kappa shape index (κ2) is 11.7. The summed E-state index contributed by atoms with van der Waals surface area (Å²) >= 11 is 0. The number of allylic oxidation sites excluding steroid dienone is 1. The molecule has 3 aromatic rings. The van der Waals surface area contributed by atoms with Gasteiger partial charge < -0.3 is 24.3 Å². The van der Waals surface area contributed by atoms with Crippen molar-refractivity contribution in [2.24, 2.45) is 0 Å². The number of rotatable bonds is 10. The minimum absolute atomic E-state index is 0.0439. The van der Waals surface area contributed by atoms with E-state index in [9.17, 15) is 9.18 Å². The number of carbonyl (C=O) groups excluding carboxylic acids is 1. The molecule has 0 fully saturated rings. The van der Waals surface area contributed by atoms with Crippen molar-refractivity contribution in [1.82, 2.24) is 0 Å². The Morgan fingerprint density at radius 1 is 0.800 bits per heavy atom. The smallest absolute Gasteiger partial charge is 0.203 e. The van der Waals surface area contributed by atoms with Crippen LogP contribution in [0.15, 0.2) is 60.8 Å². The molecule has 182 valence electrons. The summed E-state index contributed by atoms with van der Waals surface area (Å²) in [6.45, 7) is 1.95. The highest BCUT2D eigenvalue weighted by Crippen LogP contribution is 2.39. The zero-order valence-corrected chi connectivity index (χ0v) is 20.3. The average molecular weight is 478 g/mol. The van der Waals surface area contributed by atoms with Crippen LogP contribution in [0, 0.1) is 12.7 Å². The molecular weight excluding hydrogens is 449 g/mol. The maximum atomic E-state index is 14.7. The number of hydrogen-bond acceptors (Lipinski definition) is 6. The lowest BCUT2D eigenvalue weighted by Crippen LogP contribution is -1.99. The summed E-state index contributed by atoms with van der Waals surface area (Å²) in [7, 11) is 6.00. The molecule has 3 aromatic carbocycles. The van der Waals surface area contributed by atoms with Gasteiger partial charge in [-0.3, -0.25) is 4.79 Å². The van der Waals surface area contributed by atoms with Crippen molar-refractivity contribution in [2.45, 2.75) is 6.92 Å². The van der Waals surface area contributed by atoms with Crippen molar-refractivity contribution >= 4 is 23.6 Å². The Morgan fingerprint density at radius 3 is 1.91 bits per heavy atom. The Morgan fingerprint density at radius 2 is 1.37 bits per heavy atom. The molecule has 35 heavy (non-hydrogen) atoms. The summed E-state index contributed by atoms with van der Waals surface area (Å²) in [6, 6.07) is 13.9. The molecule has 0 saturated heterocycles. The van der Waals surface area contributed by atoms with E-state index in [1.807, 2.05) is 19.1 Å². The van der Waals surface area contributed by atoms with Gasteiger partial charge in [0, 0.05) is 17.8 Å². The van der Waals surface area contributed by atoms with Crippen LogP contribution in [0.3, 0.4) is 0 Å². The van der Waals surface area contributed by atoms with Crippen LogP contribution in [0.5, 0.6) is 23.0 Å². The molecule has 0 saturated carbocycles. The number of nitrogens with one attached hydrogen (secondary N) is 1. The predicted molar refractivity (Wildman–Crippen MR) is 136 cm³/mol. The second-order valence-corrected chi connectivity index (χ2v) is 7.58. The Kier molecular flexibility index (Phi) is 8.51. The average Bonchev–Trinajstić information content (AvgIpc) is 2.86. The quantitative estimate of drug-likeness (QED) is 0.215. The SMILES string of the molecule is COc1cc(/C=C\c2cc(F)c(OC)c(N/C=C\C(=O)c3ccc(C)cc3)c2)cc(OC)c1OC. The number of halogens is 1. The Balaban J connectivity index is 1.85. The van der Waals surface area contributed by atoms with Gasteiger partial charge in [-0.1, -0.05) is 42.0 Å². The normalized spacial score (nSPS) is 11.0.